The van der Waals surface area contributed by atoms with Gasteiger partial charge in [-0.05, 0) is 18.2 Å². The molecule has 0 fully saturated rings. The lowest BCUT2D eigenvalue weighted by molar-refractivity contribution is -0.179. The maximum Gasteiger partial charge on any atom is 0.310 e. The molecule has 0 atom stereocenters. The molecule has 3 N–H and O–H groups in total. The molecule has 0 spiro atoms. The minimum atomic E-state index is -1.84. The predicted octanol–water partition coefficient (Wildman–Crippen LogP) is 0.237. The van der Waals surface area contributed by atoms with Crippen molar-refractivity contribution < 1.29 is 14.9 Å². The number of benzene rings is 1. The third kappa shape index (κ3) is 1.63. The third-order valence-corrected chi connectivity index (χ3v) is 2.54. The number of hydrogen-bond acceptors (Lipinski definition) is 5. The van der Waals surface area contributed by atoms with Crippen molar-refractivity contribution in [2.75, 3.05) is 0 Å². The summed E-state index contributed by atoms with van der Waals surface area (Å²) >= 11 is 1.17. The van der Waals surface area contributed by atoms with Crippen LogP contribution in [0.25, 0.3) is 10.1 Å². The van der Waals surface area contributed by atoms with Crippen molar-refractivity contribution in [1.82, 2.24) is 4.37 Å². The molecule has 0 radical (unpaired) electrons. The Balaban J connectivity index is 2.47. The Kier molecular flexibility index (Phi) is 2.24. The van der Waals surface area contributed by atoms with Crippen molar-refractivity contribution >= 4 is 21.6 Å². The predicted molar refractivity (Wildman–Crippen MR) is 51.3 cm³/mol. The number of aliphatic hydroxyl groups excluding tert-OH is 1. The third-order valence-electron chi connectivity index (χ3n) is 1.69. The van der Waals surface area contributed by atoms with Crippen molar-refractivity contribution in [1.29, 1.82) is 0 Å². The quantitative estimate of drug-likeness (QED) is 0.624. The maximum absolute atomic E-state index is 11.1. The molecule has 0 amide bonds. The summed E-state index contributed by atoms with van der Waals surface area (Å²) in [4.78, 5) is 11.1. The molecule has 0 bridgehead atoms. The largest absolute Gasteiger partial charge is 0.441 e. The molecular formula is C8H7NO4S. The average Bonchev–Trinajstić information content (AvgIpc) is 2.46. The van der Waals surface area contributed by atoms with Gasteiger partial charge in [-0.15, -0.1) is 0 Å². The summed E-state index contributed by atoms with van der Waals surface area (Å²) in [5.41, 5.74) is -0.152. The van der Waals surface area contributed by atoms with E-state index in [1.54, 1.807) is 12.1 Å². The van der Waals surface area contributed by atoms with Crippen LogP contribution in [0.2, 0.25) is 0 Å². The number of H-pyrrole nitrogens is 1. The zero-order valence-electron chi connectivity index (χ0n) is 6.93. The van der Waals surface area contributed by atoms with Crippen LogP contribution in [-0.4, -0.2) is 21.1 Å². The standard InChI is InChI=1S/C8H7NO4S/c10-7-5-2-1-4(13-8(11)12)3-6(5)14-9-7/h1-3,8,11-12H,(H,9,10). The molecule has 1 heterocycles. The normalized spacial score (nSPS) is 11.1. The number of nitrogens with one attached hydrogen (secondary N) is 1. The van der Waals surface area contributed by atoms with Crippen LogP contribution in [0, 0.1) is 0 Å². The molecule has 0 aliphatic heterocycles. The highest BCUT2D eigenvalue weighted by atomic mass is 32.1. The zero-order valence-corrected chi connectivity index (χ0v) is 7.75. The second kappa shape index (κ2) is 3.41. The van der Waals surface area contributed by atoms with E-state index < -0.39 is 6.48 Å². The molecule has 1 aromatic carbocycles. The molecule has 74 valence electrons. The first kappa shape index (κ1) is 9.20. The van der Waals surface area contributed by atoms with Crippen LogP contribution in [0.3, 0.4) is 0 Å². The maximum atomic E-state index is 11.1. The number of aromatic amines is 1. The molecule has 6 heteroatoms. The summed E-state index contributed by atoms with van der Waals surface area (Å²) in [6, 6.07) is 4.64. The van der Waals surface area contributed by atoms with E-state index in [1.807, 2.05) is 0 Å². The van der Waals surface area contributed by atoms with E-state index in [-0.39, 0.29) is 5.56 Å². The topological polar surface area (TPSA) is 82.6 Å². The fourth-order valence-electron chi connectivity index (χ4n) is 1.13. The van der Waals surface area contributed by atoms with Crippen LogP contribution in [0.15, 0.2) is 23.0 Å². The zero-order chi connectivity index (χ0) is 10.1. The van der Waals surface area contributed by atoms with Crippen LogP contribution in [0.1, 0.15) is 0 Å². The molecule has 5 nitrogen and oxygen atoms in total. The summed E-state index contributed by atoms with van der Waals surface area (Å²) in [5.74, 6) is 0.308. The molecule has 2 rings (SSSR count). The van der Waals surface area contributed by atoms with Gasteiger partial charge in [0.2, 0.25) is 0 Å². The summed E-state index contributed by atoms with van der Waals surface area (Å²) in [6.07, 6.45) is 0. The highest BCUT2D eigenvalue weighted by Crippen LogP contribution is 2.21. The Morgan fingerprint density at radius 3 is 2.93 bits per heavy atom. The average molecular weight is 213 g/mol. The molecular weight excluding hydrogens is 206 g/mol. The van der Waals surface area contributed by atoms with Gasteiger partial charge < -0.3 is 14.9 Å². The Morgan fingerprint density at radius 2 is 2.21 bits per heavy atom. The van der Waals surface area contributed by atoms with Gasteiger partial charge in [-0.25, -0.2) is 0 Å². The van der Waals surface area contributed by atoms with E-state index in [1.165, 1.54) is 17.6 Å². The van der Waals surface area contributed by atoms with E-state index in [9.17, 15) is 4.79 Å². The van der Waals surface area contributed by atoms with Crippen LogP contribution in [0.4, 0.5) is 0 Å². The summed E-state index contributed by atoms with van der Waals surface area (Å²) < 4.78 is 7.91. The summed E-state index contributed by atoms with van der Waals surface area (Å²) in [5, 5.41) is 17.7. The minimum Gasteiger partial charge on any atom is -0.441 e. The van der Waals surface area contributed by atoms with Gasteiger partial charge >= 0.3 is 6.48 Å². The van der Waals surface area contributed by atoms with Crippen LogP contribution >= 0.6 is 11.5 Å². The molecule has 0 saturated carbocycles. The molecule has 14 heavy (non-hydrogen) atoms. The van der Waals surface area contributed by atoms with Gasteiger partial charge in [0.15, 0.2) is 0 Å². The molecule has 0 aliphatic carbocycles. The Morgan fingerprint density at radius 1 is 1.43 bits per heavy atom. The lowest BCUT2D eigenvalue weighted by atomic mass is 10.3. The summed E-state index contributed by atoms with van der Waals surface area (Å²) in [7, 11) is 0. The lowest BCUT2D eigenvalue weighted by Crippen LogP contribution is -2.13. The van der Waals surface area contributed by atoms with Crippen LogP contribution < -0.4 is 10.3 Å². The number of aromatic nitrogens is 1. The van der Waals surface area contributed by atoms with Crippen molar-refractivity contribution in [2.24, 2.45) is 0 Å². The summed E-state index contributed by atoms with van der Waals surface area (Å²) in [6.45, 7) is -1.84. The fourth-order valence-corrected chi connectivity index (χ4v) is 1.88. The van der Waals surface area contributed by atoms with Crippen molar-refractivity contribution in [3.63, 3.8) is 0 Å². The number of rotatable bonds is 2. The Hall–Kier alpha value is -1.37. The van der Waals surface area contributed by atoms with Gasteiger partial charge in [-0.2, -0.15) is 0 Å². The number of hydrogen-bond donors (Lipinski definition) is 3. The molecule has 0 unspecified atom stereocenters. The first-order chi connectivity index (χ1) is 6.66. The molecule has 2 aromatic rings. The molecule has 1 aromatic heterocycles. The van der Waals surface area contributed by atoms with Gasteiger partial charge in [0.1, 0.15) is 5.75 Å². The number of fused-ring (bicyclic) bond motifs is 1. The molecule has 0 aliphatic rings. The second-order valence-corrected chi connectivity index (χ2v) is 3.48. The van der Waals surface area contributed by atoms with Gasteiger partial charge in [0.05, 0.1) is 10.1 Å². The lowest BCUT2D eigenvalue weighted by Gasteiger charge is -2.06. The van der Waals surface area contributed by atoms with Crippen molar-refractivity contribution in [2.45, 2.75) is 6.48 Å². The van der Waals surface area contributed by atoms with Gasteiger partial charge in [0.25, 0.3) is 5.56 Å². The Bertz CT molecular complexity index is 501. The monoisotopic (exact) mass is 213 g/mol. The smallest absolute Gasteiger partial charge is 0.310 e. The Labute approximate surface area is 82.3 Å². The van der Waals surface area contributed by atoms with E-state index in [0.29, 0.717) is 15.8 Å². The highest BCUT2D eigenvalue weighted by molar-refractivity contribution is 7.13. The van der Waals surface area contributed by atoms with E-state index in [2.05, 4.69) is 9.11 Å². The van der Waals surface area contributed by atoms with Crippen LogP contribution in [0.5, 0.6) is 5.75 Å². The fraction of sp³-hybridized carbons (Fsp3) is 0.125. The molecule has 0 saturated heterocycles. The van der Waals surface area contributed by atoms with Crippen LogP contribution in [-0.2, 0) is 0 Å². The van der Waals surface area contributed by atoms with Gasteiger partial charge in [-0.1, -0.05) is 11.5 Å². The first-order valence-electron chi connectivity index (χ1n) is 3.81. The van der Waals surface area contributed by atoms with Crippen molar-refractivity contribution in [3.05, 3.63) is 28.6 Å². The minimum absolute atomic E-state index is 0.152. The highest BCUT2D eigenvalue weighted by Gasteiger charge is 2.04. The van der Waals surface area contributed by atoms with Crippen molar-refractivity contribution in [3.8, 4) is 5.75 Å². The van der Waals surface area contributed by atoms with E-state index in [0.717, 1.165) is 0 Å². The SMILES string of the molecule is O=c1[nH]sc2cc(OC(O)O)ccc12. The first-order valence-corrected chi connectivity index (χ1v) is 4.62. The number of ether oxygens (including phenoxy) is 1. The van der Waals surface area contributed by atoms with Gasteiger partial charge in [0, 0.05) is 0 Å². The second-order valence-electron chi connectivity index (χ2n) is 2.64. The number of aliphatic hydroxyl groups is 2. The van der Waals surface area contributed by atoms with E-state index >= 15 is 0 Å². The van der Waals surface area contributed by atoms with E-state index in [4.69, 9.17) is 10.2 Å². The van der Waals surface area contributed by atoms with Gasteiger partial charge in [-0.3, -0.25) is 9.17 Å².